The van der Waals surface area contributed by atoms with Crippen LogP contribution in [0.15, 0.2) is 18.2 Å². The summed E-state index contributed by atoms with van der Waals surface area (Å²) in [5.41, 5.74) is 3.55. The molecule has 0 atom stereocenters. The zero-order chi connectivity index (χ0) is 15.5. The Labute approximate surface area is 131 Å². The van der Waals surface area contributed by atoms with E-state index in [0.29, 0.717) is 6.54 Å². The maximum Gasteiger partial charge on any atom is 0.223 e. The quantitative estimate of drug-likeness (QED) is 0.890. The molecule has 1 aliphatic carbocycles. The Morgan fingerprint density at radius 1 is 1.36 bits per heavy atom. The third kappa shape index (κ3) is 2.96. The third-order valence-corrected chi connectivity index (χ3v) is 4.73. The Bertz CT molecular complexity index is 669. The molecule has 0 aliphatic heterocycles. The fourth-order valence-corrected chi connectivity index (χ4v) is 3.45. The summed E-state index contributed by atoms with van der Waals surface area (Å²) in [6.07, 6.45) is 5.33. The fraction of sp³-hybridized carbons (Fsp3) is 0.500. The summed E-state index contributed by atoms with van der Waals surface area (Å²) in [6.45, 7) is 2.78. The highest BCUT2D eigenvalue weighted by atomic mass is 16.5. The lowest BCUT2D eigenvalue weighted by Gasteiger charge is -2.10. The summed E-state index contributed by atoms with van der Waals surface area (Å²) >= 11 is 0. The van der Waals surface area contributed by atoms with Gasteiger partial charge < -0.3 is 15.0 Å². The van der Waals surface area contributed by atoms with Gasteiger partial charge >= 0.3 is 0 Å². The van der Waals surface area contributed by atoms with Crippen molar-refractivity contribution in [3.63, 3.8) is 0 Å². The minimum Gasteiger partial charge on any atom is -0.497 e. The molecule has 0 unspecified atom stereocenters. The van der Waals surface area contributed by atoms with Crippen LogP contribution < -0.4 is 10.1 Å². The maximum atomic E-state index is 12.1. The molecular weight excluding hydrogens is 276 g/mol. The number of ether oxygens (including phenoxy) is 1. The van der Waals surface area contributed by atoms with Crippen molar-refractivity contribution >= 4 is 16.8 Å². The molecule has 1 amide bonds. The first kappa shape index (κ1) is 14.9. The second-order valence-electron chi connectivity index (χ2n) is 6.16. The van der Waals surface area contributed by atoms with E-state index in [0.717, 1.165) is 30.5 Å². The standard InChI is InChI=1S/C18H24N2O2/c1-12-15(9-10-19-18(21)13-5-3-4-6-13)16-11-14(22-2)7-8-17(16)20-12/h7-8,11,13,20H,3-6,9-10H2,1-2H3,(H,19,21). The predicted octanol–water partition coefficient (Wildman–Crippen LogP) is 3.33. The van der Waals surface area contributed by atoms with Gasteiger partial charge in [0.25, 0.3) is 0 Å². The van der Waals surface area contributed by atoms with E-state index in [4.69, 9.17) is 4.74 Å². The predicted molar refractivity (Wildman–Crippen MR) is 88.3 cm³/mol. The summed E-state index contributed by atoms with van der Waals surface area (Å²) in [5.74, 6) is 1.33. The number of rotatable bonds is 5. The van der Waals surface area contributed by atoms with Crippen LogP contribution >= 0.6 is 0 Å². The largest absolute Gasteiger partial charge is 0.497 e. The van der Waals surface area contributed by atoms with Crippen molar-refractivity contribution in [2.75, 3.05) is 13.7 Å². The first-order valence-corrected chi connectivity index (χ1v) is 8.12. The van der Waals surface area contributed by atoms with Gasteiger partial charge in [-0.05, 0) is 49.9 Å². The van der Waals surface area contributed by atoms with Gasteiger partial charge in [0.2, 0.25) is 5.91 Å². The summed E-state index contributed by atoms with van der Waals surface area (Å²) in [6, 6.07) is 6.07. The van der Waals surface area contributed by atoms with Crippen molar-refractivity contribution in [3.05, 3.63) is 29.5 Å². The molecule has 0 radical (unpaired) electrons. The van der Waals surface area contributed by atoms with Gasteiger partial charge in [0.1, 0.15) is 5.75 Å². The van der Waals surface area contributed by atoms with Gasteiger partial charge in [-0.1, -0.05) is 12.8 Å². The van der Waals surface area contributed by atoms with E-state index in [9.17, 15) is 4.79 Å². The number of methoxy groups -OCH3 is 1. The van der Waals surface area contributed by atoms with Gasteiger partial charge in [-0.3, -0.25) is 4.79 Å². The molecule has 4 heteroatoms. The Kier molecular flexibility index (Phi) is 4.36. The highest BCUT2D eigenvalue weighted by molar-refractivity contribution is 5.86. The van der Waals surface area contributed by atoms with E-state index in [1.165, 1.54) is 29.5 Å². The molecule has 1 fully saturated rings. The summed E-state index contributed by atoms with van der Waals surface area (Å²) in [5, 5.41) is 4.29. The minimum atomic E-state index is 0.229. The number of carbonyl (C=O) groups is 1. The number of nitrogens with one attached hydrogen (secondary N) is 2. The van der Waals surface area contributed by atoms with E-state index in [1.807, 2.05) is 12.1 Å². The number of amides is 1. The molecule has 3 rings (SSSR count). The molecule has 2 N–H and O–H groups in total. The molecule has 1 saturated carbocycles. The molecule has 2 aromatic rings. The van der Waals surface area contributed by atoms with Gasteiger partial charge in [-0.25, -0.2) is 0 Å². The molecule has 1 heterocycles. The zero-order valence-electron chi connectivity index (χ0n) is 13.4. The number of benzene rings is 1. The Morgan fingerprint density at radius 3 is 2.86 bits per heavy atom. The normalized spacial score (nSPS) is 15.4. The van der Waals surface area contributed by atoms with E-state index in [-0.39, 0.29) is 11.8 Å². The number of aryl methyl sites for hydroxylation is 1. The van der Waals surface area contributed by atoms with Gasteiger partial charge in [-0.2, -0.15) is 0 Å². The van der Waals surface area contributed by atoms with Crippen LogP contribution in [0.3, 0.4) is 0 Å². The molecule has 1 aliphatic rings. The lowest BCUT2D eigenvalue weighted by atomic mass is 10.1. The molecular formula is C18H24N2O2. The summed E-state index contributed by atoms with van der Waals surface area (Å²) in [4.78, 5) is 15.5. The van der Waals surface area contributed by atoms with Crippen molar-refractivity contribution in [1.82, 2.24) is 10.3 Å². The van der Waals surface area contributed by atoms with Gasteiger partial charge in [0, 0.05) is 29.1 Å². The van der Waals surface area contributed by atoms with Crippen LogP contribution in [0.1, 0.15) is 36.9 Å². The second kappa shape index (κ2) is 6.42. The number of hydrogen-bond donors (Lipinski definition) is 2. The lowest BCUT2D eigenvalue weighted by Crippen LogP contribution is -2.31. The third-order valence-electron chi connectivity index (χ3n) is 4.73. The van der Waals surface area contributed by atoms with Gasteiger partial charge in [-0.15, -0.1) is 0 Å². The fourth-order valence-electron chi connectivity index (χ4n) is 3.45. The highest BCUT2D eigenvalue weighted by Crippen LogP contribution is 2.27. The van der Waals surface area contributed by atoms with E-state index in [1.54, 1.807) is 7.11 Å². The van der Waals surface area contributed by atoms with E-state index < -0.39 is 0 Å². The number of H-pyrrole nitrogens is 1. The van der Waals surface area contributed by atoms with Crippen LogP contribution in [-0.4, -0.2) is 24.5 Å². The van der Waals surface area contributed by atoms with Crippen LogP contribution in [0.2, 0.25) is 0 Å². The van der Waals surface area contributed by atoms with Crippen molar-refractivity contribution in [2.24, 2.45) is 5.92 Å². The van der Waals surface area contributed by atoms with Crippen LogP contribution in [0.4, 0.5) is 0 Å². The van der Waals surface area contributed by atoms with Crippen molar-refractivity contribution in [1.29, 1.82) is 0 Å². The van der Waals surface area contributed by atoms with Crippen molar-refractivity contribution in [3.8, 4) is 5.75 Å². The smallest absolute Gasteiger partial charge is 0.223 e. The Balaban J connectivity index is 1.67. The van der Waals surface area contributed by atoms with E-state index in [2.05, 4.69) is 23.3 Å². The maximum absolute atomic E-state index is 12.1. The van der Waals surface area contributed by atoms with Crippen molar-refractivity contribution < 1.29 is 9.53 Å². The Hall–Kier alpha value is -1.97. The highest BCUT2D eigenvalue weighted by Gasteiger charge is 2.22. The molecule has 22 heavy (non-hydrogen) atoms. The van der Waals surface area contributed by atoms with Crippen molar-refractivity contribution in [2.45, 2.75) is 39.0 Å². The van der Waals surface area contributed by atoms with Gasteiger partial charge in [0.15, 0.2) is 0 Å². The number of fused-ring (bicyclic) bond motifs is 1. The molecule has 0 spiro atoms. The molecule has 0 bridgehead atoms. The summed E-state index contributed by atoms with van der Waals surface area (Å²) in [7, 11) is 1.68. The van der Waals surface area contributed by atoms with Gasteiger partial charge in [0.05, 0.1) is 7.11 Å². The molecule has 118 valence electrons. The average molecular weight is 300 g/mol. The van der Waals surface area contributed by atoms with Crippen LogP contribution in [0, 0.1) is 12.8 Å². The molecule has 1 aromatic heterocycles. The molecule has 1 aromatic carbocycles. The van der Waals surface area contributed by atoms with Crippen LogP contribution in [-0.2, 0) is 11.2 Å². The Morgan fingerprint density at radius 2 is 2.14 bits per heavy atom. The van der Waals surface area contributed by atoms with E-state index >= 15 is 0 Å². The molecule has 0 saturated heterocycles. The average Bonchev–Trinajstić information content (AvgIpc) is 3.15. The topological polar surface area (TPSA) is 54.1 Å². The molecule has 4 nitrogen and oxygen atoms in total. The number of aromatic nitrogens is 1. The van der Waals surface area contributed by atoms with Crippen LogP contribution in [0.25, 0.3) is 10.9 Å². The monoisotopic (exact) mass is 300 g/mol. The second-order valence-corrected chi connectivity index (χ2v) is 6.16. The first-order valence-electron chi connectivity index (χ1n) is 8.12. The number of hydrogen-bond acceptors (Lipinski definition) is 2. The minimum absolute atomic E-state index is 0.229. The SMILES string of the molecule is COc1ccc2[nH]c(C)c(CCNC(=O)C3CCCC3)c2c1. The lowest BCUT2D eigenvalue weighted by molar-refractivity contribution is -0.124. The number of carbonyl (C=O) groups excluding carboxylic acids is 1. The zero-order valence-corrected chi connectivity index (χ0v) is 13.4. The number of aromatic amines is 1. The first-order chi connectivity index (χ1) is 10.7. The summed E-state index contributed by atoms with van der Waals surface area (Å²) < 4.78 is 5.31. The van der Waals surface area contributed by atoms with Crippen LogP contribution in [0.5, 0.6) is 5.75 Å².